The van der Waals surface area contributed by atoms with Gasteiger partial charge in [0.2, 0.25) is 0 Å². The van der Waals surface area contributed by atoms with Gasteiger partial charge in [-0.3, -0.25) is 4.79 Å². The maximum Gasteiger partial charge on any atom is 0.303 e. The lowest BCUT2D eigenvalue weighted by atomic mass is 10.0. The predicted octanol–water partition coefficient (Wildman–Crippen LogP) is 2.24. The molecule has 0 amide bonds. The lowest BCUT2D eigenvalue weighted by Crippen LogP contribution is -3.00. The van der Waals surface area contributed by atoms with Gasteiger partial charge in [0.25, 0.3) is 0 Å². The van der Waals surface area contributed by atoms with Crippen molar-refractivity contribution >= 4 is 5.97 Å². The standard InChI is InChI=1S/C19H39NO2.ClH/c1-20(2,3)18-16-14-12-10-8-6-4-5-7-9-11-13-15-17-19(21)22;/h4-18H2,1-3H3;1H. The van der Waals surface area contributed by atoms with E-state index < -0.39 is 5.97 Å². The first-order chi connectivity index (χ1) is 10.4. The Bertz CT molecular complexity index is 265. The Balaban J connectivity index is 0. The zero-order valence-corrected chi connectivity index (χ0v) is 16.5. The molecule has 0 spiro atoms. The van der Waals surface area contributed by atoms with Gasteiger partial charge >= 0.3 is 5.97 Å². The molecule has 23 heavy (non-hydrogen) atoms. The van der Waals surface area contributed by atoms with Crippen LogP contribution in [0.15, 0.2) is 0 Å². The molecule has 4 heteroatoms. The Hall–Kier alpha value is -0.280. The van der Waals surface area contributed by atoms with Crippen molar-refractivity contribution in [2.24, 2.45) is 0 Å². The first kappa shape index (κ1) is 25.0. The van der Waals surface area contributed by atoms with Gasteiger partial charge in [0.1, 0.15) is 0 Å². The quantitative estimate of drug-likeness (QED) is 0.343. The Morgan fingerprint density at radius 1 is 0.652 bits per heavy atom. The highest BCUT2D eigenvalue weighted by atomic mass is 35.5. The fraction of sp³-hybridized carbons (Fsp3) is 0.947. The van der Waals surface area contributed by atoms with E-state index in [9.17, 15) is 4.79 Å². The molecule has 0 saturated carbocycles. The molecule has 140 valence electrons. The van der Waals surface area contributed by atoms with Crippen LogP contribution in [0.4, 0.5) is 0 Å². The van der Waals surface area contributed by atoms with E-state index in [0.717, 1.165) is 17.3 Å². The van der Waals surface area contributed by atoms with Gasteiger partial charge in [-0.2, -0.15) is 0 Å². The van der Waals surface area contributed by atoms with Crippen molar-refractivity contribution in [3.63, 3.8) is 0 Å². The Morgan fingerprint density at radius 2 is 0.957 bits per heavy atom. The molecule has 0 heterocycles. The first-order valence-corrected chi connectivity index (χ1v) is 9.44. The van der Waals surface area contributed by atoms with Gasteiger partial charge in [-0.15, -0.1) is 0 Å². The maximum atomic E-state index is 10.4. The minimum absolute atomic E-state index is 0. The SMILES string of the molecule is C[N+](C)(C)CCCCCCCCCCCCCCCC(=O)O.[Cl-]. The van der Waals surface area contributed by atoms with Crippen LogP contribution in [0.25, 0.3) is 0 Å². The number of hydrogen-bond donors (Lipinski definition) is 1. The zero-order valence-electron chi connectivity index (χ0n) is 15.8. The molecule has 0 saturated heterocycles. The lowest BCUT2D eigenvalue weighted by Gasteiger charge is -2.23. The number of halogens is 1. The van der Waals surface area contributed by atoms with E-state index in [-0.39, 0.29) is 12.4 Å². The van der Waals surface area contributed by atoms with E-state index in [0.29, 0.717) is 6.42 Å². The summed E-state index contributed by atoms with van der Waals surface area (Å²) >= 11 is 0. The summed E-state index contributed by atoms with van der Waals surface area (Å²) in [4.78, 5) is 10.4. The topological polar surface area (TPSA) is 37.3 Å². The monoisotopic (exact) mass is 349 g/mol. The summed E-state index contributed by atoms with van der Waals surface area (Å²) < 4.78 is 1.09. The van der Waals surface area contributed by atoms with Crippen molar-refractivity contribution in [3.8, 4) is 0 Å². The smallest absolute Gasteiger partial charge is 0.303 e. The van der Waals surface area contributed by atoms with Crippen LogP contribution in [0.2, 0.25) is 0 Å². The molecule has 3 nitrogen and oxygen atoms in total. The summed E-state index contributed by atoms with van der Waals surface area (Å²) in [7, 11) is 6.81. The fourth-order valence-electron chi connectivity index (χ4n) is 2.81. The van der Waals surface area contributed by atoms with Gasteiger partial charge < -0.3 is 22.0 Å². The summed E-state index contributed by atoms with van der Waals surface area (Å²) in [5, 5.41) is 8.54. The van der Waals surface area contributed by atoms with Crippen LogP contribution in [0.3, 0.4) is 0 Å². The average molecular weight is 350 g/mol. The number of carboxylic acids is 1. The first-order valence-electron chi connectivity index (χ1n) is 9.44. The molecule has 0 aromatic rings. The second-order valence-electron chi connectivity index (χ2n) is 7.75. The summed E-state index contributed by atoms with van der Waals surface area (Å²) in [5.74, 6) is -0.655. The van der Waals surface area contributed by atoms with E-state index in [2.05, 4.69) is 21.1 Å². The zero-order chi connectivity index (χ0) is 16.7. The second kappa shape index (κ2) is 16.6. The molecular formula is C19H40ClNO2. The molecule has 1 N–H and O–H groups in total. The molecule has 0 fully saturated rings. The van der Waals surface area contributed by atoms with E-state index in [1.165, 1.54) is 77.2 Å². The molecular weight excluding hydrogens is 310 g/mol. The highest BCUT2D eigenvalue weighted by Gasteiger charge is 2.04. The van der Waals surface area contributed by atoms with E-state index in [4.69, 9.17) is 5.11 Å². The lowest BCUT2D eigenvalue weighted by molar-refractivity contribution is -0.870. The molecule has 0 aliphatic rings. The van der Waals surface area contributed by atoms with Gasteiger partial charge in [-0.25, -0.2) is 0 Å². The molecule has 0 bridgehead atoms. The maximum absolute atomic E-state index is 10.4. The number of aliphatic carboxylic acids is 1. The van der Waals surface area contributed by atoms with E-state index in [1.807, 2.05) is 0 Å². The fourth-order valence-corrected chi connectivity index (χ4v) is 2.81. The number of carboxylic acid groups (broad SMARTS) is 1. The van der Waals surface area contributed by atoms with E-state index >= 15 is 0 Å². The summed E-state index contributed by atoms with van der Waals surface area (Å²) in [6.45, 7) is 1.30. The number of nitrogens with zero attached hydrogens (tertiary/aromatic N) is 1. The van der Waals surface area contributed by atoms with Crippen molar-refractivity contribution in [1.29, 1.82) is 0 Å². The van der Waals surface area contributed by atoms with Crippen LogP contribution in [-0.4, -0.2) is 43.2 Å². The Kier molecular flexibility index (Phi) is 18.0. The number of rotatable bonds is 16. The van der Waals surface area contributed by atoms with Crippen LogP contribution in [0.5, 0.6) is 0 Å². The third kappa shape index (κ3) is 24.1. The largest absolute Gasteiger partial charge is 1.00 e. The van der Waals surface area contributed by atoms with Gasteiger partial charge in [0.05, 0.1) is 27.7 Å². The van der Waals surface area contributed by atoms with Crippen molar-refractivity contribution in [3.05, 3.63) is 0 Å². The second-order valence-corrected chi connectivity index (χ2v) is 7.75. The number of hydrogen-bond acceptors (Lipinski definition) is 1. The minimum atomic E-state index is -0.655. The molecule has 0 aliphatic carbocycles. The molecule has 0 aromatic carbocycles. The van der Waals surface area contributed by atoms with Crippen LogP contribution >= 0.6 is 0 Å². The third-order valence-corrected chi connectivity index (χ3v) is 4.22. The highest BCUT2D eigenvalue weighted by molar-refractivity contribution is 5.66. The van der Waals surface area contributed by atoms with Crippen LogP contribution in [0.1, 0.15) is 89.9 Å². The van der Waals surface area contributed by atoms with Crippen molar-refractivity contribution in [2.45, 2.75) is 89.9 Å². The van der Waals surface area contributed by atoms with Gasteiger partial charge in [0.15, 0.2) is 0 Å². The van der Waals surface area contributed by atoms with Crippen LogP contribution in [0, 0.1) is 0 Å². The minimum Gasteiger partial charge on any atom is -1.00 e. The molecule has 0 aromatic heterocycles. The molecule has 0 unspecified atom stereocenters. The third-order valence-electron chi connectivity index (χ3n) is 4.22. The van der Waals surface area contributed by atoms with Gasteiger partial charge in [-0.05, 0) is 19.3 Å². The average Bonchev–Trinajstić information content (AvgIpc) is 2.41. The van der Waals surface area contributed by atoms with Crippen LogP contribution < -0.4 is 12.4 Å². The summed E-state index contributed by atoms with van der Waals surface area (Å²) in [5.41, 5.74) is 0. The number of quaternary nitrogens is 1. The number of carbonyl (C=O) groups is 1. The van der Waals surface area contributed by atoms with Gasteiger partial charge in [-0.1, -0.05) is 64.2 Å². The van der Waals surface area contributed by atoms with Crippen LogP contribution in [-0.2, 0) is 4.79 Å². The molecule has 0 aliphatic heterocycles. The van der Waals surface area contributed by atoms with Crippen molar-refractivity contribution in [2.75, 3.05) is 27.7 Å². The predicted molar refractivity (Wildman–Crippen MR) is 95.2 cm³/mol. The number of unbranched alkanes of at least 4 members (excludes halogenated alkanes) is 12. The highest BCUT2D eigenvalue weighted by Crippen LogP contribution is 2.13. The normalized spacial score (nSPS) is 11.3. The van der Waals surface area contributed by atoms with Crippen molar-refractivity contribution < 1.29 is 26.8 Å². The molecule has 0 rings (SSSR count). The molecule has 0 atom stereocenters. The van der Waals surface area contributed by atoms with Crippen molar-refractivity contribution in [1.82, 2.24) is 0 Å². The van der Waals surface area contributed by atoms with E-state index in [1.54, 1.807) is 0 Å². The Labute approximate surface area is 150 Å². The summed E-state index contributed by atoms with van der Waals surface area (Å²) in [6.07, 6.45) is 17.2. The molecule has 0 radical (unpaired) electrons. The summed E-state index contributed by atoms with van der Waals surface area (Å²) in [6, 6.07) is 0. The van der Waals surface area contributed by atoms with Gasteiger partial charge in [0, 0.05) is 6.42 Å². The Morgan fingerprint density at radius 3 is 1.26 bits per heavy atom.